The Balaban J connectivity index is 1.63. The topological polar surface area (TPSA) is 102 Å². The van der Waals surface area contributed by atoms with Crippen LogP contribution in [0.4, 0.5) is 0 Å². The second-order valence-corrected chi connectivity index (χ2v) is 9.96. The van der Waals surface area contributed by atoms with Crippen LogP contribution in [0.25, 0.3) is 12.2 Å². The van der Waals surface area contributed by atoms with Gasteiger partial charge in [-0.1, -0.05) is 62.4 Å². The summed E-state index contributed by atoms with van der Waals surface area (Å²) in [5, 5.41) is 19.9. The lowest BCUT2D eigenvalue weighted by molar-refractivity contribution is -0.135. The Labute approximate surface area is 241 Å². The number of aliphatic hydroxyl groups is 1. The summed E-state index contributed by atoms with van der Waals surface area (Å²) in [6, 6.07) is 17.7. The summed E-state index contributed by atoms with van der Waals surface area (Å²) in [5.74, 6) is -0.0550. The molecule has 0 saturated heterocycles. The van der Waals surface area contributed by atoms with Gasteiger partial charge in [0, 0.05) is 6.08 Å². The first-order chi connectivity index (χ1) is 19.6. The molecular weight excluding hydrogens is 520 g/mol. The molecule has 1 atom stereocenters. The average molecular weight is 557 g/mol. The Hall–Kier alpha value is -4.78. The summed E-state index contributed by atoms with van der Waals surface area (Å²) in [4.78, 5) is 25.1. The number of allylic oxidation sites excluding steroid dienone is 3. The van der Waals surface area contributed by atoms with Crippen molar-refractivity contribution in [1.82, 2.24) is 0 Å². The van der Waals surface area contributed by atoms with E-state index in [0.29, 0.717) is 28.5 Å². The number of ketones is 1. The Kier molecular flexibility index (Phi) is 10.9. The number of hydrogen-bond donors (Lipinski definition) is 2. The highest BCUT2D eigenvalue weighted by molar-refractivity contribution is 6.02. The van der Waals surface area contributed by atoms with Gasteiger partial charge in [0.15, 0.2) is 28.8 Å². The molecule has 0 fully saturated rings. The van der Waals surface area contributed by atoms with Gasteiger partial charge in [0.2, 0.25) is 0 Å². The fraction of sp³-hybridized carbons (Fsp3) is 0.235. The number of methoxy groups -OCH3 is 2. The van der Waals surface area contributed by atoms with Crippen LogP contribution in [0.2, 0.25) is 0 Å². The van der Waals surface area contributed by atoms with Crippen molar-refractivity contribution in [3.63, 3.8) is 0 Å². The Morgan fingerprint density at radius 3 is 2.05 bits per heavy atom. The van der Waals surface area contributed by atoms with Gasteiger partial charge in [-0.15, -0.1) is 0 Å². The Morgan fingerprint density at radius 2 is 1.41 bits per heavy atom. The van der Waals surface area contributed by atoms with Gasteiger partial charge in [-0.2, -0.15) is 0 Å². The maximum atomic E-state index is 12.9. The van der Waals surface area contributed by atoms with Crippen LogP contribution in [0.3, 0.4) is 0 Å². The lowest BCUT2D eigenvalue weighted by Crippen LogP contribution is -2.16. The van der Waals surface area contributed by atoms with Crippen molar-refractivity contribution in [3.05, 3.63) is 107 Å². The number of ether oxygens (including phenoxy) is 3. The fourth-order valence-electron chi connectivity index (χ4n) is 4.02. The molecule has 0 aliphatic heterocycles. The van der Waals surface area contributed by atoms with Crippen LogP contribution in [-0.4, -0.2) is 36.2 Å². The number of phenols is 1. The fourth-order valence-corrected chi connectivity index (χ4v) is 4.02. The second-order valence-electron chi connectivity index (χ2n) is 9.96. The van der Waals surface area contributed by atoms with E-state index in [1.54, 1.807) is 49.4 Å². The smallest absolute Gasteiger partial charge is 0.318 e. The Morgan fingerprint density at radius 1 is 0.805 bits per heavy atom. The van der Waals surface area contributed by atoms with Crippen LogP contribution in [0.5, 0.6) is 23.0 Å². The molecule has 0 aliphatic rings. The molecule has 0 aliphatic carbocycles. The third-order valence-corrected chi connectivity index (χ3v) is 6.26. The number of aliphatic hydroxyl groups excluding tert-OH is 1. The van der Waals surface area contributed by atoms with Gasteiger partial charge in [0.05, 0.1) is 20.1 Å². The molecule has 0 spiro atoms. The van der Waals surface area contributed by atoms with E-state index in [1.807, 2.05) is 24.3 Å². The average Bonchev–Trinajstić information content (AvgIpc) is 2.95. The van der Waals surface area contributed by atoms with E-state index < -0.39 is 17.7 Å². The van der Waals surface area contributed by atoms with Crippen LogP contribution in [-0.2, 0) is 16.0 Å². The Bertz CT molecular complexity index is 1450. The van der Waals surface area contributed by atoms with Crippen molar-refractivity contribution in [1.29, 1.82) is 0 Å². The standard InChI is InChI=1S/C34H36O7/c1-22(2)18-24-6-12-27(13-7-24)23(3)34(38)41-31-17-11-26(20-33(31)40-5)9-15-29(36)21-28(35)14-8-25-10-16-30(37)32(19-25)39-4/h6-17,19-23,36-37H,18H2,1-5H3/b14-8+,15-9+,29-21?/t23-/m0/s1. The zero-order chi connectivity index (χ0) is 29.9. The maximum absolute atomic E-state index is 12.9. The molecule has 7 nitrogen and oxygen atoms in total. The molecule has 3 rings (SSSR count). The van der Waals surface area contributed by atoms with Crippen molar-refractivity contribution >= 4 is 23.9 Å². The number of aromatic hydroxyl groups is 1. The van der Waals surface area contributed by atoms with Gasteiger partial charge in [-0.25, -0.2) is 0 Å². The van der Waals surface area contributed by atoms with E-state index in [-0.39, 0.29) is 17.3 Å². The zero-order valence-electron chi connectivity index (χ0n) is 24.0. The maximum Gasteiger partial charge on any atom is 0.318 e. The van der Waals surface area contributed by atoms with E-state index >= 15 is 0 Å². The van der Waals surface area contributed by atoms with Crippen molar-refractivity contribution in [3.8, 4) is 23.0 Å². The summed E-state index contributed by atoms with van der Waals surface area (Å²) < 4.78 is 16.1. The van der Waals surface area contributed by atoms with Crippen LogP contribution in [0, 0.1) is 5.92 Å². The highest BCUT2D eigenvalue weighted by Gasteiger charge is 2.19. The first kappa shape index (κ1) is 30.8. The number of carbonyl (C=O) groups is 2. The van der Waals surface area contributed by atoms with E-state index in [4.69, 9.17) is 14.2 Å². The van der Waals surface area contributed by atoms with E-state index in [1.165, 1.54) is 38.0 Å². The van der Waals surface area contributed by atoms with Crippen LogP contribution < -0.4 is 14.2 Å². The molecule has 0 aromatic heterocycles. The minimum Gasteiger partial charge on any atom is -0.508 e. The van der Waals surface area contributed by atoms with E-state index in [9.17, 15) is 19.8 Å². The van der Waals surface area contributed by atoms with Crippen LogP contribution >= 0.6 is 0 Å². The van der Waals surface area contributed by atoms with Gasteiger partial charge < -0.3 is 24.4 Å². The number of hydrogen-bond acceptors (Lipinski definition) is 7. The van der Waals surface area contributed by atoms with Gasteiger partial charge in [-0.3, -0.25) is 9.59 Å². The lowest BCUT2D eigenvalue weighted by Gasteiger charge is -2.15. The SMILES string of the molecule is COc1cc(/C=C/C(=O)C=C(O)/C=C/c2ccc(OC(=O)[C@@H](C)c3ccc(CC(C)C)cc3)c(OC)c2)ccc1O. The molecular formula is C34H36O7. The van der Waals surface area contributed by atoms with Gasteiger partial charge in [0.1, 0.15) is 5.76 Å². The number of rotatable bonds is 12. The second kappa shape index (κ2) is 14.6. The number of phenolic OH excluding ortho intramolecular Hbond substituents is 1. The molecule has 214 valence electrons. The summed E-state index contributed by atoms with van der Waals surface area (Å²) >= 11 is 0. The predicted molar refractivity (Wildman–Crippen MR) is 160 cm³/mol. The van der Waals surface area contributed by atoms with Crippen molar-refractivity contribution in [2.45, 2.75) is 33.1 Å². The highest BCUT2D eigenvalue weighted by Crippen LogP contribution is 2.31. The molecule has 3 aromatic rings. The molecule has 0 radical (unpaired) electrons. The van der Waals surface area contributed by atoms with Crippen molar-refractivity contribution in [2.75, 3.05) is 14.2 Å². The molecule has 7 heteroatoms. The van der Waals surface area contributed by atoms with E-state index in [0.717, 1.165) is 18.1 Å². The van der Waals surface area contributed by atoms with Gasteiger partial charge >= 0.3 is 5.97 Å². The first-order valence-electron chi connectivity index (χ1n) is 13.3. The third-order valence-electron chi connectivity index (χ3n) is 6.26. The molecule has 41 heavy (non-hydrogen) atoms. The van der Waals surface area contributed by atoms with Crippen molar-refractivity contribution in [2.24, 2.45) is 5.92 Å². The van der Waals surface area contributed by atoms with Crippen LogP contribution in [0.15, 0.2) is 84.7 Å². The molecule has 2 N–H and O–H groups in total. The largest absolute Gasteiger partial charge is 0.508 e. The molecule has 0 bridgehead atoms. The number of benzene rings is 3. The minimum atomic E-state index is -0.461. The monoisotopic (exact) mass is 556 g/mol. The first-order valence-corrected chi connectivity index (χ1v) is 13.3. The quantitative estimate of drug-likeness (QED) is 0.0810. The third kappa shape index (κ3) is 9.14. The molecule has 0 unspecified atom stereocenters. The molecule has 0 heterocycles. The van der Waals surface area contributed by atoms with Gasteiger partial charge in [0.25, 0.3) is 0 Å². The summed E-state index contributed by atoms with van der Waals surface area (Å²) in [6.07, 6.45) is 7.88. The normalized spacial score (nSPS) is 12.6. The number of esters is 1. The van der Waals surface area contributed by atoms with Crippen molar-refractivity contribution < 1.29 is 34.0 Å². The summed E-state index contributed by atoms with van der Waals surface area (Å²) in [6.45, 7) is 6.14. The van der Waals surface area contributed by atoms with Gasteiger partial charge in [-0.05, 0) is 77.9 Å². The zero-order valence-corrected chi connectivity index (χ0v) is 24.0. The van der Waals surface area contributed by atoms with Crippen LogP contribution in [0.1, 0.15) is 48.9 Å². The minimum absolute atomic E-state index is 0.00113. The predicted octanol–water partition coefficient (Wildman–Crippen LogP) is 7.05. The number of carbonyl (C=O) groups excluding carboxylic acids is 2. The summed E-state index contributed by atoms with van der Waals surface area (Å²) in [7, 11) is 2.91. The highest BCUT2D eigenvalue weighted by atomic mass is 16.6. The molecule has 0 saturated carbocycles. The molecule has 0 amide bonds. The lowest BCUT2D eigenvalue weighted by atomic mass is 9.97. The summed E-state index contributed by atoms with van der Waals surface area (Å²) in [5.41, 5.74) is 3.41. The molecule has 3 aromatic carbocycles. The van der Waals surface area contributed by atoms with E-state index in [2.05, 4.69) is 13.8 Å².